The van der Waals surface area contributed by atoms with E-state index in [1.807, 2.05) is 86.6 Å². The molecule has 2 N–H and O–H groups in total. The fraction of sp³-hybridized carbons (Fsp3) is 0.179. The van der Waals surface area contributed by atoms with Gasteiger partial charge in [-0.3, -0.25) is 4.79 Å². The van der Waals surface area contributed by atoms with Gasteiger partial charge in [-0.05, 0) is 61.4 Å². The molecule has 0 spiro atoms. The van der Waals surface area contributed by atoms with Gasteiger partial charge in [0.25, 0.3) is 5.91 Å². The average Bonchev–Trinajstić information content (AvgIpc) is 3.30. The Kier molecular flexibility index (Phi) is 7.21. The second-order valence-corrected chi connectivity index (χ2v) is 10.1. The minimum absolute atomic E-state index is 0.213. The highest BCUT2D eigenvalue weighted by molar-refractivity contribution is 7.98. The Morgan fingerprint density at radius 2 is 1.86 bits per heavy atom. The molecule has 9 heteroatoms. The number of rotatable bonds is 7. The first-order chi connectivity index (χ1) is 17.9. The predicted octanol–water partition coefficient (Wildman–Crippen LogP) is 6.47. The first-order valence-electron chi connectivity index (χ1n) is 11.7. The number of methoxy groups -OCH3 is 1. The number of hydrogen-bond acceptors (Lipinski definition) is 6. The molecule has 4 aromatic rings. The van der Waals surface area contributed by atoms with Crippen LogP contribution >= 0.6 is 23.4 Å². The summed E-state index contributed by atoms with van der Waals surface area (Å²) in [7, 11) is 1.61. The van der Waals surface area contributed by atoms with Crippen LogP contribution in [0, 0.1) is 6.92 Å². The van der Waals surface area contributed by atoms with Crippen molar-refractivity contribution in [2.45, 2.75) is 30.8 Å². The van der Waals surface area contributed by atoms with Gasteiger partial charge in [-0.25, -0.2) is 4.68 Å². The summed E-state index contributed by atoms with van der Waals surface area (Å²) in [5.74, 6) is 1.78. The number of allylic oxidation sites excluding steroid dienone is 1. The van der Waals surface area contributed by atoms with Crippen LogP contribution in [-0.4, -0.2) is 27.8 Å². The highest BCUT2D eigenvalue weighted by atomic mass is 35.5. The van der Waals surface area contributed by atoms with E-state index in [1.165, 1.54) is 11.8 Å². The molecule has 1 aromatic heterocycles. The summed E-state index contributed by atoms with van der Waals surface area (Å²) in [6, 6.07) is 22.7. The standard InChI is InChI=1S/C28H26ClN5O2S/c1-17-7-9-20(10-8-17)25-24(26(35)31-22-11-13-23(36-3)14-12-22)18(2)30-27-32-28(33-34(25)27)37-16-19-5-4-6-21(29)15-19/h4-15,25H,16H2,1-3H3,(H,31,35)(H,30,32,33). The minimum atomic E-state index is -0.442. The number of nitrogens with zero attached hydrogens (tertiary/aromatic N) is 3. The lowest BCUT2D eigenvalue weighted by atomic mass is 9.94. The third-order valence-electron chi connectivity index (χ3n) is 6.08. The van der Waals surface area contributed by atoms with E-state index < -0.39 is 6.04 Å². The maximum absolute atomic E-state index is 13.6. The van der Waals surface area contributed by atoms with E-state index in [9.17, 15) is 4.79 Å². The molecule has 0 bridgehead atoms. The highest BCUT2D eigenvalue weighted by Gasteiger charge is 2.34. The number of anilines is 2. The van der Waals surface area contributed by atoms with Gasteiger partial charge < -0.3 is 15.4 Å². The van der Waals surface area contributed by atoms with Crippen LogP contribution in [0.4, 0.5) is 11.6 Å². The van der Waals surface area contributed by atoms with Crippen molar-refractivity contribution in [3.05, 3.63) is 106 Å². The Hall–Kier alpha value is -3.75. The van der Waals surface area contributed by atoms with Gasteiger partial charge in [0.2, 0.25) is 11.1 Å². The topological polar surface area (TPSA) is 81.1 Å². The van der Waals surface area contributed by atoms with E-state index in [0.29, 0.717) is 33.1 Å². The molecule has 0 aliphatic carbocycles. The Morgan fingerprint density at radius 3 is 2.57 bits per heavy atom. The number of ether oxygens (including phenoxy) is 1. The Morgan fingerprint density at radius 1 is 1.11 bits per heavy atom. The molecular weight excluding hydrogens is 506 g/mol. The number of aryl methyl sites for hydroxylation is 1. The first-order valence-corrected chi connectivity index (χ1v) is 13.1. The Bertz CT molecular complexity index is 1460. The zero-order chi connectivity index (χ0) is 25.9. The van der Waals surface area contributed by atoms with Crippen LogP contribution in [0.15, 0.2) is 89.2 Å². The molecule has 0 fully saturated rings. The Balaban J connectivity index is 1.46. The van der Waals surface area contributed by atoms with Crippen molar-refractivity contribution in [1.82, 2.24) is 14.8 Å². The molecule has 0 saturated carbocycles. The highest BCUT2D eigenvalue weighted by Crippen LogP contribution is 2.37. The van der Waals surface area contributed by atoms with Gasteiger partial charge in [-0.2, -0.15) is 4.98 Å². The van der Waals surface area contributed by atoms with E-state index in [2.05, 4.69) is 10.6 Å². The van der Waals surface area contributed by atoms with Gasteiger partial charge in [0.15, 0.2) is 0 Å². The van der Waals surface area contributed by atoms with Crippen LogP contribution in [-0.2, 0) is 10.5 Å². The van der Waals surface area contributed by atoms with Crippen LogP contribution in [0.1, 0.15) is 29.7 Å². The molecular formula is C28H26ClN5O2S. The lowest BCUT2D eigenvalue weighted by Crippen LogP contribution is -2.31. The summed E-state index contributed by atoms with van der Waals surface area (Å²) in [6.07, 6.45) is 0. The van der Waals surface area contributed by atoms with E-state index in [1.54, 1.807) is 11.8 Å². The van der Waals surface area contributed by atoms with Gasteiger partial charge in [-0.1, -0.05) is 65.3 Å². The number of nitrogens with one attached hydrogen (secondary N) is 2. The largest absolute Gasteiger partial charge is 0.497 e. The van der Waals surface area contributed by atoms with E-state index in [4.69, 9.17) is 26.4 Å². The first kappa shape index (κ1) is 24.9. The van der Waals surface area contributed by atoms with Gasteiger partial charge in [0, 0.05) is 22.2 Å². The van der Waals surface area contributed by atoms with Crippen molar-refractivity contribution >= 4 is 40.9 Å². The molecule has 1 amide bonds. The number of benzene rings is 3. The number of carbonyl (C=O) groups is 1. The maximum atomic E-state index is 13.6. The summed E-state index contributed by atoms with van der Waals surface area (Å²) in [6.45, 7) is 3.93. The number of amides is 1. The third-order valence-corrected chi connectivity index (χ3v) is 7.22. The lowest BCUT2D eigenvalue weighted by Gasteiger charge is -2.28. The summed E-state index contributed by atoms with van der Waals surface area (Å²) in [5.41, 5.74) is 5.15. The fourth-order valence-corrected chi connectivity index (χ4v) is 5.18. The molecule has 188 valence electrons. The summed E-state index contributed by atoms with van der Waals surface area (Å²) in [5, 5.41) is 12.4. The monoisotopic (exact) mass is 531 g/mol. The van der Waals surface area contributed by atoms with Gasteiger partial charge in [-0.15, -0.1) is 5.10 Å². The number of carbonyl (C=O) groups excluding carboxylic acids is 1. The van der Waals surface area contributed by atoms with Gasteiger partial charge in [0.05, 0.1) is 12.7 Å². The Labute approximate surface area is 224 Å². The van der Waals surface area contributed by atoms with Crippen LogP contribution in [0.2, 0.25) is 5.02 Å². The quantitative estimate of drug-likeness (QED) is 0.266. The zero-order valence-corrected chi connectivity index (χ0v) is 22.2. The molecule has 1 unspecified atom stereocenters. The number of aromatic nitrogens is 3. The van der Waals surface area contributed by atoms with Gasteiger partial charge in [0.1, 0.15) is 11.8 Å². The molecule has 3 aromatic carbocycles. The third kappa shape index (κ3) is 5.50. The van der Waals surface area contributed by atoms with Gasteiger partial charge >= 0.3 is 0 Å². The molecule has 1 atom stereocenters. The molecule has 1 aliphatic heterocycles. The summed E-state index contributed by atoms with van der Waals surface area (Å²) < 4.78 is 7.02. The molecule has 0 saturated heterocycles. The smallest absolute Gasteiger partial charge is 0.255 e. The van der Waals surface area contributed by atoms with Crippen molar-refractivity contribution in [3.63, 3.8) is 0 Å². The SMILES string of the molecule is COc1ccc(NC(=O)C2=C(C)Nc3nc(SCc4cccc(Cl)c4)nn3C2c2ccc(C)cc2)cc1. The molecule has 7 nitrogen and oxygen atoms in total. The van der Waals surface area contributed by atoms with Crippen molar-refractivity contribution in [1.29, 1.82) is 0 Å². The predicted molar refractivity (Wildman–Crippen MR) is 148 cm³/mol. The molecule has 1 aliphatic rings. The molecule has 5 rings (SSSR count). The van der Waals surface area contributed by atoms with Crippen molar-refractivity contribution < 1.29 is 9.53 Å². The van der Waals surface area contributed by atoms with E-state index in [-0.39, 0.29) is 5.91 Å². The summed E-state index contributed by atoms with van der Waals surface area (Å²) >= 11 is 7.66. The summed E-state index contributed by atoms with van der Waals surface area (Å²) in [4.78, 5) is 18.3. The van der Waals surface area contributed by atoms with E-state index in [0.717, 1.165) is 28.1 Å². The van der Waals surface area contributed by atoms with Crippen molar-refractivity contribution in [2.75, 3.05) is 17.7 Å². The fourth-order valence-electron chi connectivity index (χ4n) is 4.19. The van der Waals surface area contributed by atoms with Crippen LogP contribution in [0.3, 0.4) is 0 Å². The lowest BCUT2D eigenvalue weighted by molar-refractivity contribution is -0.113. The average molecular weight is 532 g/mol. The second kappa shape index (κ2) is 10.7. The number of thioether (sulfide) groups is 1. The molecule has 0 radical (unpaired) electrons. The van der Waals surface area contributed by atoms with E-state index >= 15 is 0 Å². The van der Waals surface area contributed by atoms with Crippen LogP contribution in [0.25, 0.3) is 0 Å². The number of hydrogen-bond donors (Lipinski definition) is 2. The minimum Gasteiger partial charge on any atom is -0.497 e. The van der Waals surface area contributed by atoms with Crippen LogP contribution < -0.4 is 15.4 Å². The van der Waals surface area contributed by atoms with Crippen LogP contribution in [0.5, 0.6) is 5.75 Å². The maximum Gasteiger partial charge on any atom is 0.255 e. The van der Waals surface area contributed by atoms with Crippen molar-refractivity contribution in [2.24, 2.45) is 0 Å². The zero-order valence-electron chi connectivity index (χ0n) is 20.7. The van der Waals surface area contributed by atoms with Crippen molar-refractivity contribution in [3.8, 4) is 5.75 Å². The number of fused-ring (bicyclic) bond motifs is 1. The normalized spacial score (nSPS) is 14.6. The number of halogens is 1. The molecule has 37 heavy (non-hydrogen) atoms. The molecule has 2 heterocycles. The second-order valence-electron chi connectivity index (χ2n) is 8.74.